The molecule has 0 fully saturated rings. The fourth-order valence-corrected chi connectivity index (χ4v) is 4.59. The molecule has 1 N–H and O–H groups in total. The highest BCUT2D eigenvalue weighted by atomic mass is 35.5. The summed E-state index contributed by atoms with van der Waals surface area (Å²) in [5.41, 5.74) is 0.811. The summed E-state index contributed by atoms with van der Waals surface area (Å²) in [7, 11) is -4.22. The number of nitrogens with zero attached hydrogens (tertiary/aromatic N) is 1. The van der Waals surface area contributed by atoms with Crippen molar-refractivity contribution in [3.05, 3.63) is 87.9 Å². The van der Waals surface area contributed by atoms with Crippen LogP contribution in [-0.2, 0) is 14.8 Å². The first-order valence-corrected chi connectivity index (χ1v) is 11.1. The summed E-state index contributed by atoms with van der Waals surface area (Å²) < 4.78 is 54.0. The fraction of sp³-hybridized carbons (Fsp3) is 0.0952. The third kappa shape index (κ3) is 5.33. The number of hydrogen-bond acceptors (Lipinski definition) is 3. The molecule has 0 radical (unpaired) electrons. The molecule has 3 aromatic carbocycles. The van der Waals surface area contributed by atoms with E-state index in [9.17, 15) is 22.0 Å². The normalized spacial score (nSPS) is 11.3. The zero-order valence-corrected chi connectivity index (χ0v) is 18.4. The van der Waals surface area contributed by atoms with Crippen molar-refractivity contribution in [1.29, 1.82) is 0 Å². The van der Waals surface area contributed by atoms with Gasteiger partial charge in [-0.2, -0.15) is 0 Å². The minimum atomic E-state index is -4.22. The monoisotopic (exact) mass is 484 g/mol. The van der Waals surface area contributed by atoms with E-state index in [4.69, 9.17) is 23.2 Å². The molecule has 0 saturated carbocycles. The van der Waals surface area contributed by atoms with Gasteiger partial charge in [-0.3, -0.25) is 9.10 Å². The molecular formula is C21H16Cl2F2N2O3S. The summed E-state index contributed by atoms with van der Waals surface area (Å²) in [6.07, 6.45) is 0. The Bertz CT molecular complexity index is 1240. The van der Waals surface area contributed by atoms with E-state index in [1.807, 2.05) is 0 Å². The molecule has 3 rings (SSSR count). The highest BCUT2D eigenvalue weighted by molar-refractivity contribution is 7.92. The lowest BCUT2D eigenvalue weighted by molar-refractivity contribution is -0.114. The van der Waals surface area contributed by atoms with Crippen LogP contribution in [0.4, 0.5) is 20.2 Å². The largest absolute Gasteiger partial charge is 0.324 e. The van der Waals surface area contributed by atoms with Crippen molar-refractivity contribution in [2.75, 3.05) is 16.2 Å². The molecule has 0 aliphatic heterocycles. The van der Waals surface area contributed by atoms with E-state index >= 15 is 0 Å². The van der Waals surface area contributed by atoms with Crippen molar-refractivity contribution in [2.45, 2.75) is 11.8 Å². The minimum Gasteiger partial charge on any atom is -0.324 e. The topological polar surface area (TPSA) is 66.5 Å². The molecule has 0 atom stereocenters. The van der Waals surface area contributed by atoms with Gasteiger partial charge in [0.15, 0.2) is 11.6 Å². The maximum atomic E-state index is 13.4. The molecule has 0 bridgehead atoms. The lowest BCUT2D eigenvalue weighted by Crippen LogP contribution is -2.38. The van der Waals surface area contributed by atoms with Crippen LogP contribution < -0.4 is 9.62 Å². The maximum absolute atomic E-state index is 13.4. The van der Waals surface area contributed by atoms with Gasteiger partial charge in [0.2, 0.25) is 5.91 Å². The summed E-state index contributed by atoms with van der Waals surface area (Å²) >= 11 is 12.2. The molecule has 0 aliphatic rings. The molecule has 0 heterocycles. The molecule has 31 heavy (non-hydrogen) atoms. The lowest BCUT2D eigenvalue weighted by Gasteiger charge is -2.25. The van der Waals surface area contributed by atoms with Crippen LogP contribution in [-0.4, -0.2) is 20.9 Å². The number of hydrogen-bond donors (Lipinski definition) is 1. The second-order valence-corrected chi connectivity index (χ2v) is 9.30. The molecule has 0 aliphatic carbocycles. The van der Waals surface area contributed by atoms with Gasteiger partial charge in [-0.05, 0) is 49.4 Å². The van der Waals surface area contributed by atoms with Crippen molar-refractivity contribution >= 4 is 50.5 Å². The SMILES string of the molecule is Cc1ccc(S(=O)(=O)N(CC(=O)Nc2ccc(F)c(F)c2)c2cc(Cl)ccc2Cl)cc1. The molecule has 1 amide bonds. The molecule has 0 saturated heterocycles. The van der Waals surface area contributed by atoms with Gasteiger partial charge in [0.25, 0.3) is 10.0 Å². The third-order valence-electron chi connectivity index (χ3n) is 4.28. The van der Waals surface area contributed by atoms with Crippen LogP contribution in [0.1, 0.15) is 5.56 Å². The van der Waals surface area contributed by atoms with E-state index < -0.39 is 34.1 Å². The quantitative estimate of drug-likeness (QED) is 0.508. The zero-order valence-electron chi connectivity index (χ0n) is 16.1. The molecule has 0 spiro atoms. The number of carbonyl (C=O) groups excluding carboxylic acids is 1. The Balaban J connectivity index is 1.99. The van der Waals surface area contributed by atoms with E-state index in [1.165, 1.54) is 30.3 Å². The van der Waals surface area contributed by atoms with Crippen molar-refractivity contribution in [3.63, 3.8) is 0 Å². The number of halogens is 4. The second kappa shape index (κ2) is 9.21. The van der Waals surface area contributed by atoms with Crippen molar-refractivity contribution in [3.8, 4) is 0 Å². The smallest absolute Gasteiger partial charge is 0.264 e. The van der Waals surface area contributed by atoms with Crippen LogP contribution in [0.3, 0.4) is 0 Å². The van der Waals surface area contributed by atoms with Gasteiger partial charge in [-0.25, -0.2) is 17.2 Å². The number of aryl methyl sites for hydroxylation is 1. The maximum Gasteiger partial charge on any atom is 0.264 e. The summed E-state index contributed by atoms with van der Waals surface area (Å²) in [6, 6.07) is 13.0. The van der Waals surface area contributed by atoms with Gasteiger partial charge in [0, 0.05) is 16.8 Å². The minimum absolute atomic E-state index is 0.00446. The van der Waals surface area contributed by atoms with Crippen LogP contribution in [0.25, 0.3) is 0 Å². The molecule has 10 heteroatoms. The molecule has 3 aromatic rings. The predicted molar refractivity (Wildman–Crippen MR) is 117 cm³/mol. The molecule has 0 aromatic heterocycles. The second-order valence-electron chi connectivity index (χ2n) is 6.60. The molecule has 0 unspecified atom stereocenters. The van der Waals surface area contributed by atoms with Gasteiger partial charge < -0.3 is 5.32 Å². The fourth-order valence-electron chi connectivity index (χ4n) is 2.72. The Morgan fingerprint density at radius 2 is 1.65 bits per heavy atom. The average molecular weight is 485 g/mol. The van der Waals surface area contributed by atoms with E-state index in [2.05, 4.69) is 5.32 Å². The van der Waals surface area contributed by atoms with E-state index in [-0.39, 0.29) is 26.3 Å². The first-order chi connectivity index (χ1) is 14.6. The summed E-state index contributed by atoms with van der Waals surface area (Å²) in [5, 5.41) is 2.62. The first-order valence-electron chi connectivity index (χ1n) is 8.87. The number of sulfonamides is 1. The third-order valence-corrected chi connectivity index (χ3v) is 6.61. The number of benzene rings is 3. The predicted octanol–water partition coefficient (Wildman–Crippen LogP) is 5.41. The Labute approximate surface area is 188 Å². The lowest BCUT2D eigenvalue weighted by atomic mass is 10.2. The van der Waals surface area contributed by atoms with Crippen LogP contribution in [0.5, 0.6) is 0 Å². The van der Waals surface area contributed by atoms with E-state index in [0.717, 1.165) is 28.1 Å². The molecular weight excluding hydrogens is 469 g/mol. The molecule has 5 nitrogen and oxygen atoms in total. The zero-order chi connectivity index (χ0) is 22.8. The average Bonchev–Trinajstić information content (AvgIpc) is 2.71. The Morgan fingerprint density at radius 3 is 2.29 bits per heavy atom. The van der Waals surface area contributed by atoms with Gasteiger partial charge in [0.05, 0.1) is 15.6 Å². The van der Waals surface area contributed by atoms with Crippen LogP contribution in [0, 0.1) is 18.6 Å². The van der Waals surface area contributed by atoms with Gasteiger partial charge in [0.1, 0.15) is 6.54 Å². The summed E-state index contributed by atoms with van der Waals surface area (Å²) in [5.74, 6) is -3.02. The number of carbonyl (C=O) groups is 1. The van der Waals surface area contributed by atoms with Gasteiger partial charge in [-0.15, -0.1) is 0 Å². The molecule has 162 valence electrons. The highest BCUT2D eigenvalue weighted by Crippen LogP contribution is 2.33. The Kier molecular flexibility index (Phi) is 6.83. The van der Waals surface area contributed by atoms with E-state index in [1.54, 1.807) is 19.1 Å². The van der Waals surface area contributed by atoms with Crippen LogP contribution >= 0.6 is 23.2 Å². The van der Waals surface area contributed by atoms with Gasteiger partial charge in [-0.1, -0.05) is 40.9 Å². The Morgan fingerprint density at radius 1 is 0.968 bits per heavy atom. The number of nitrogens with one attached hydrogen (secondary N) is 1. The van der Waals surface area contributed by atoms with Crippen LogP contribution in [0.2, 0.25) is 10.0 Å². The first kappa shape index (κ1) is 23.0. The number of anilines is 2. The van der Waals surface area contributed by atoms with Crippen LogP contribution in [0.15, 0.2) is 65.6 Å². The van der Waals surface area contributed by atoms with Crippen molar-refractivity contribution in [2.24, 2.45) is 0 Å². The van der Waals surface area contributed by atoms with Crippen molar-refractivity contribution < 1.29 is 22.0 Å². The van der Waals surface area contributed by atoms with Crippen molar-refractivity contribution in [1.82, 2.24) is 0 Å². The van der Waals surface area contributed by atoms with Gasteiger partial charge >= 0.3 is 0 Å². The Hall–Kier alpha value is -2.68. The summed E-state index contributed by atoms with van der Waals surface area (Å²) in [6.45, 7) is 1.12. The number of amides is 1. The summed E-state index contributed by atoms with van der Waals surface area (Å²) in [4.78, 5) is 12.6. The highest BCUT2D eigenvalue weighted by Gasteiger charge is 2.29. The standard InChI is InChI=1S/C21H16Cl2F2N2O3S/c1-13-2-6-16(7-3-13)31(29,30)27(20-10-14(22)4-8-17(20)23)12-21(28)26-15-5-9-18(24)19(25)11-15/h2-11H,12H2,1H3,(H,26,28). The number of rotatable bonds is 6. The van der Waals surface area contributed by atoms with E-state index in [0.29, 0.717) is 0 Å².